The summed E-state index contributed by atoms with van der Waals surface area (Å²) in [6.45, 7) is 12.9. The van der Waals surface area contributed by atoms with Gasteiger partial charge in [0, 0.05) is 71.5 Å². The van der Waals surface area contributed by atoms with Gasteiger partial charge in [0.1, 0.15) is 5.65 Å². The number of H-pyrrole nitrogens is 2. The standard InChI is InChI=1S/C25H41N7O3/c1-2-3-4-5-6-7-21(33)27-25-28-23-22(24(34)29-25)20(18-26-23)19-32-12-10-30(11-13-32)8-9-31-14-16-35-17-15-31/h18H,2-17,19H2,1H3,(H3,26,27,28,29,33,34). The number of aromatic amines is 2. The summed E-state index contributed by atoms with van der Waals surface area (Å²) in [6, 6.07) is 0. The van der Waals surface area contributed by atoms with Crippen molar-refractivity contribution in [3.05, 3.63) is 22.1 Å². The van der Waals surface area contributed by atoms with E-state index in [1.165, 1.54) is 12.8 Å². The van der Waals surface area contributed by atoms with E-state index in [0.29, 0.717) is 24.0 Å². The molecule has 10 heteroatoms. The first-order valence-electron chi connectivity index (χ1n) is 13.3. The number of rotatable bonds is 12. The highest BCUT2D eigenvalue weighted by molar-refractivity contribution is 5.90. The van der Waals surface area contributed by atoms with Gasteiger partial charge < -0.3 is 9.72 Å². The summed E-state index contributed by atoms with van der Waals surface area (Å²) in [4.78, 5) is 42.8. The molecule has 0 bridgehead atoms. The molecule has 0 spiro atoms. The fourth-order valence-corrected chi connectivity index (χ4v) is 4.89. The van der Waals surface area contributed by atoms with Crippen molar-refractivity contribution in [3.63, 3.8) is 0 Å². The molecule has 194 valence electrons. The molecule has 2 fully saturated rings. The molecule has 0 atom stereocenters. The Morgan fingerprint density at radius 3 is 2.43 bits per heavy atom. The van der Waals surface area contributed by atoms with E-state index in [2.05, 4.69) is 41.9 Å². The second-order valence-electron chi connectivity index (χ2n) is 9.74. The molecule has 0 unspecified atom stereocenters. The number of aromatic nitrogens is 3. The molecule has 35 heavy (non-hydrogen) atoms. The first kappa shape index (κ1) is 25.8. The fraction of sp³-hybridized carbons (Fsp3) is 0.720. The van der Waals surface area contributed by atoms with Crippen LogP contribution in [0.25, 0.3) is 11.0 Å². The van der Waals surface area contributed by atoms with Crippen LogP contribution in [0.2, 0.25) is 0 Å². The summed E-state index contributed by atoms with van der Waals surface area (Å²) in [7, 11) is 0. The molecule has 0 radical (unpaired) electrons. The number of ether oxygens (including phenoxy) is 1. The molecule has 2 aromatic heterocycles. The molecule has 0 aromatic carbocycles. The second-order valence-corrected chi connectivity index (χ2v) is 9.74. The maximum absolute atomic E-state index is 12.8. The minimum Gasteiger partial charge on any atom is -0.379 e. The molecule has 2 saturated heterocycles. The molecule has 2 aromatic rings. The average Bonchev–Trinajstić information content (AvgIpc) is 3.27. The number of carbonyl (C=O) groups excluding carboxylic acids is 1. The molecule has 3 N–H and O–H groups in total. The van der Waals surface area contributed by atoms with Crippen LogP contribution in [0.1, 0.15) is 51.0 Å². The number of carbonyl (C=O) groups is 1. The van der Waals surface area contributed by atoms with E-state index in [-0.39, 0.29) is 17.4 Å². The molecular weight excluding hydrogens is 446 g/mol. The van der Waals surface area contributed by atoms with Gasteiger partial charge in [-0.15, -0.1) is 0 Å². The maximum atomic E-state index is 12.8. The van der Waals surface area contributed by atoms with Crippen LogP contribution in [0.3, 0.4) is 0 Å². The Morgan fingerprint density at radius 1 is 1.00 bits per heavy atom. The molecule has 2 aliphatic rings. The zero-order valence-corrected chi connectivity index (χ0v) is 21.1. The van der Waals surface area contributed by atoms with Crippen molar-refractivity contribution in [1.82, 2.24) is 29.7 Å². The van der Waals surface area contributed by atoms with Crippen molar-refractivity contribution in [2.75, 3.05) is 70.9 Å². The summed E-state index contributed by atoms with van der Waals surface area (Å²) in [5.74, 6) is 0.102. The molecule has 10 nitrogen and oxygen atoms in total. The number of morpholine rings is 1. The van der Waals surface area contributed by atoms with Gasteiger partial charge in [0.25, 0.3) is 5.56 Å². The third kappa shape index (κ3) is 7.60. The topological polar surface area (TPSA) is 110 Å². The first-order valence-corrected chi connectivity index (χ1v) is 13.3. The number of piperazine rings is 1. The molecule has 4 rings (SSSR count). The zero-order valence-electron chi connectivity index (χ0n) is 21.1. The SMILES string of the molecule is CCCCCCCC(=O)Nc1nc2[nH]cc(CN3CCN(CCN4CCOCC4)CC3)c2c(=O)[nH]1. The van der Waals surface area contributed by atoms with Crippen LogP contribution in [0.4, 0.5) is 5.95 Å². The molecular formula is C25H41N7O3. The van der Waals surface area contributed by atoms with Crippen molar-refractivity contribution < 1.29 is 9.53 Å². The van der Waals surface area contributed by atoms with Crippen LogP contribution in [0.15, 0.2) is 11.0 Å². The van der Waals surface area contributed by atoms with Gasteiger partial charge in [0.05, 0.1) is 18.6 Å². The highest BCUT2D eigenvalue weighted by Gasteiger charge is 2.20. The van der Waals surface area contributed by atoms with E-state index < -0.39 is 0 Å². The Hall–Kier alpha value is -2.27. The Balaban J connectivity index is 1.25. The molecule has 4 heterocycles. The van der Waals surface area contributed by atoms with Gasteiger partial charge in [0.15, 0.2) is 0 Å². The Bertz CT molecular complexity index is 991. The van der Waals surface area contributed by atoms with Gasteiger partial charge in [-0.2, -0.15) is 4.98 Å². The third-order valence-corrected chi connectivity index (χ3v) is 7.08. The predicted octanol–water partition coefficient (Wildman–Crippen LogP) is 2.00. The number of unbranched alkanes of at least 4 members (excludes halogenated alkanes) is 4. The zero-order chi connectivity index (χ0) is 24.5. The number of hydrogen-bond donors (Lipinski definition) is 3. The minimum absolute atomic E-state index is 0.109. The van der Waals surface area contributed by atoms with E-state index in [9.17, 15) is 9.59 Å². The van der Waals surface area contributed by atoms with Crippen molar-refractivity contribution in [1.29, 1.82) is 0 Å². The van der Waals surface area contributed by atoms with Crippen molar-refractivity contribution >= 4 is 22.9 Å². The number of nitrogens with one attached hydrogen (secondary N) is 3. The van der Waals surface area contributed by atoms with Crippen LogP contribution in [0.5, 0.6) is 0 Å². The Labute approximate surface area is 207 Å². The largest absolute Gasteiger partial charge is 0.379 e. The van der Waals surface area contributed by atoms with Crippen molar-refractivity contribution in [3.8, 4) is 0 Å². The third-order valence-electron chi connectivity index (χ3n) is 7.08. The van der Waals surface area contributed by atoms with Gasteiger partial charge in [-0.1, -0.05) is 32.6 Å². The van der Waals surface area contributed by atoms with Crippen LogP contribution in [-0.4, -0.2) is 101 Å². The molecule has 1 amide bonds. The number of anilines is 1. The van der Waals surface area contributed by atoms with Crippen LogP contribution in [-0.2, 0) is 16.1 Å². The lowest BCUT2D eigenvalue weighted by Crippen LogP contribution is -2.49. The monoisotopic (exact) mass is 487 g/mol. The number of fused-ring (bicyclic) bond motifs is 1. The van der Waals surface area contributed by atoms with E-state index in [1.807, 2.05) is 6.20 Å². The lowest BCUT2D eigenvalue weighted by atomic mass is 10.1. The van der Waals surface area contributed by atoms with E-state index in [0.717, 1.165) is 90.4 Å². The average molecular weight is 488 g/mol. The van der Waals surface area contributed by atoms with Crippen molar-refractivity contribution in [2.24, 2.45) is 0 Å². The fourth-order valence-electron chi connectivity index (χ4n) is 4.89. The van der Waals surface area contributed by atoms with Gasteiger partial charge in [-0.05, 0) is 12.0 Å². The quantitative estimate of drug-likeness (QED) is 0.393. The van der Waals surface area contributed by atoms with E-state index >= 15 is 0 Å². The van der Waals surface area contributed by atoms with E-state index in [1.54, 1.807) is 0 Å². The van der Waals surface area contributed by atoms with Gasteiger partial charge in [-0.25, -0.2) is 0 Å². The van der Waals surface area contributed by atoms with Crippen molar-refractivity contribution in [2.45, 2.75) is 52.0 Å². The van der Waals surface area contributed by atoms with Gasteiger partial charge in [-0.3, -0.25) is 34.6 Å². The number of amides is 1. The lowest BCUT2D eigenvalue weighted by molar-refractivity contribution is -0.116. The Kier molecular flexibility index (Phi) is 9.70. The minimum atomic E-state index is -0.214. The summed E-state index contributed by atoms with van der Waals surface area (Å²) in [5.41, 5.74) is 1.25. The van der Waals surface area contributed by atoms with E-state index in [4.69, 9.17) is 4.74 Å². The molecule has 0 saturated carbocycles. The van der Waals surface area contributed by atoms with Gasteiger partial charge >= 0.3 is 0 Å². The van der Waals surface area contributed by atoms with Gasteiger partial charge in [0.2, 0.25) is 11.9 Å². The second kappa shape index (κ2) is 13.2. The van der Waals surface area contributed by atoms with Crippen LogP contribution < -0.4 is 10.9 Å². The highest BCUT2D eigenvalue weighted by atomic mass is 16.5. The number of hydrogen-bond acceptors (Lipinski definition) is 7. The predicted molar refractivity (Wildman–Crippen MR) is 138 cm³/mol. The highest BCUT2D eigenvalue weighted by Crippen LogP contribution is 2.17. The normalized spacial score (nSPS) is 18.3. The summed E-state index contributed by atoms with van der Waals surface area (Å²) >= 11 is 0. The Morgan fingerprint density at radius 2 is 1.69 bits per heavy atom. The first-order chi connectivity index (χ1) is 17.1. The summed E-state index contributed by atoms with van der Waals surface area (Å²) < 4.78 is 5.43. The van der Waals surface area contributed by atoms with Crippen LogP contribution in [0, 0.1) is 0 Å². The van der Waals surface area contributed by atoms with Crippen LogP contribution >= 0.6 is 0 Å². The lowest BCUT2D eigenvalue weighted by Gasteiger charge is -2.36. The summed E-state index contributed by atoms with van der Waals surface area (Å²) in [5, 5.41) is 3.33. The molecule has 0 aliphatic carbocycles. The number of nitrogens with zero attached hydrogens (tertiary/aromatic N) is 4. The smallest absolute Gasteiger partial charge is 0.262 e. The molecule has 2 aliphatic heterocycles. The summed E-state index contributed by atoms with van der Waals surface area (Å²) in [6.07, 6.45) is 7.75. The maximum Gasteiger partial charge on any atom is 0.262 e.